The monoisotopic (exact) mass is 546 g/mol. The lowest BCUT2D eigenvalue weighted by Crippen LogP contribution is -2.49. The standard InChI is InChI=1S/C28H30N6O6/c35-26(21-3-1-20(2-4-21)19-32-13-15-39-16-14-32)31-24-7-6-23(18-29-24)40-28(38)34-11-9-33(10-12-34)25-8-5-22(17-30-25)27(36)37/h1-8,17-18H,9-16,19H2,(H,36,37)(H,29,31,35). The number of carboxylic acid groups (broad SMARTS) is 1. The number of anilines is 2. The molecule has 2 saturated heterocycles. The van der Waals surface area contributed by atoms with Gasteiger partial charge in [0.25, 0.3) is 5.91 Å². The van der Waals surface area contributed by atoms with Gasteiger partial charge in [0.2, 0.25) is 0 Å². The molecule has 3 aromatic rings. The molecule has 12 nitrogen and oxygen atoms in total. The summed E-state index contributed by atoms with van der Waals surface area (Å²) in [6, 6.07) is 13.8. The minimum atomic E-state index is -1.03. The van der Waals surface area contributed by atoms with Gasteiger partial charge < -0.3 is 29.7 Å². The van der Waals surface area contributed by atoms with Gasteiger partial charge in [-0.3, -0.25) is 9.69 Å². The number of carbonyl (C=O) groups excluding carboxylic acids is 2. The van der Waals surface area contributed by atoms with Crippen molar-refractivity contribution in [1.82, 2.24) is 19.8 Å². The van der Waals surface area contributed by atoms with Crippen molar-refractivity contribution >= 4 is 29.6 Å². The maximum absolute atomic E-state index is 12.7. The van der Waals surface area contributed by atoms with Crippen molar-refractivity contribution in [2.24, 2.45) is 0 Å². The largest absolute Gasteiger partial charge is 0.478 e. The van der Waals surface area contributed by atoms with E-state index in [0.717, 1.165) is 38.4 Å². The van der Waals surface area contributed by atoms with Gasteiger partial charge in [-0.2, -0.15) is 0 Å². The summed E-state index contributed by atoms with van der Waals surface area (Å²) in [6.07, 6.45) is 2.22. The molecule has 2 fully saturated rings. The molecule has 2 aliphatic rings. The van der Waals surface area contributed by atoms with Crippen molar-refractivity contribution in [2.75, 3.05) is 62.7 Å². The number of aromatic carboxylic acids is 1. The van der Waals surface area contributed by atoms with Gasteiger partial charge >= 0.3 is 12.1 Å². The van der Waals surface area contributed by atoms with E-state index in [1.54, 1.807) is 35.2 Å². The molecule has 2 aromatic heterocycles. The van der Waals surface area contributed by atoms with Gasteiger partial charge in [-0.05, 0) is 42.0 Å². The molecule has 2 aliphatic heterocycles. The van der Waals surface area contributed by atoms with Crippen LogP contribution in [0.25, 0.3) is 0 Å². The first-order valence-electron chi connectivity index (χ1n) is 13.0. The molecule has 0 atom stereocenters. The molecule has 0 radical (unpaired) electrons. The Morgan fingerprint density at radius 2 is 1.57 bits per heavy atom. The zero-order valence-corrected chi connectivity index (χ0v) is 21.9. The zero-order chi connectivity index (χ0) is 27.9. The molecule has 0 saturated carbocycles. The molecule has 0 bridgehead atoms. The highest BCUT2D eigenvalue weighted by Crippen LogP contribution is 2.18. The van der Waals surface area contributed by atoms with E-state index in [1.807, 2.05) is 17.0 Å². The lowest BCUT2D eigenvalue weighted by Gasteiger charge is -2.34. The average molecular weight is 547 g/mol. The second-order valence-corrected chi connectivity index (χ2v) is 9.47. The third-order valence-corrected chi connectivity index (χ3v) is 6.77. The van der Waals surface area contributed by atoms with E-state index in [1.165, 1.54) is 18.5 Å². The molecule has 1 aromatic carbocycles. The zero-order valence-electron chi connectivity index (χ0n) is 21.9. The van der Waals surface area contributed by atoms with Gasteiger partial charge in [0.05, 0.1) is 25.0 Å². The lowest BCUT2D eigenvalue weighted by atomic mass is 10.1. The number of benzene rings is 1. The predicted octanol–water partition coefficient (Wildman–Crippen LogP) is 2.58. The smallest absolute Gasteiger partial charge is 0.415 e. The van der Waals surface area contributed by atoms with E-state index in [9.17, 15) is 14.4 Å². The maximum Gasteiger partial charge on any atom is 0.415 e. The Bertz CT molecular complexity index is 1320. The molecule has 0 unspecified atom stereocenters. The summed E-state index contributed by atoms with van der Waals surface area (Å²) in [5.74, 6) is -0.0357. The van der Waals surface area contributed by atoms with Crippen molar-refractivity contribution in [3.05, 3.63) is 77.6 Å². The molecular formula is C28H30N6O6. The number of piperazine rings is 1. The summed E-state index contributed by atoms with van der Waals surface area (Å²) in [5.41, 5.74) is 1.78. The number of hydrogen-bond donors (Lipinski definition) is 2. The summed E-state index contributed by atoms with van der Waals surface area (Å²) in [4.78, 5) is 50.6. The number of pyridine rings is 2. The van der Waals surface area contributed by atoms with Crippen molar-refractivity contribution in [2.45, 2.75) is 6.54 Å². The lowest BCUT2D eigenvalue weighted by molar-refractivity contribution is 0.0342. The number of rotatable bonds is 7. The van der Waals surface area contributed by atoms with Crippen LogP contribution in [0.5, 0.6) is 5.75 Å². The topological polar surface area (TPSA) is 137 Å². The summed E-state index contributed by atoms with van der Waals surface area (Å²) >= 11 is 0. The van der Waals surface area contributed by atoms with Gasteiger partial charge in [0.1, 0.15) is 11.6 Å². The number of morpholine rings is 1. The number of hydrogen-bond acceptors (Lipinski definition) is 9. The van der Waals surface area contributed by atoms with Crippen LogP contribution >= 0.6 is 0 Å². The van der Waals surface area contributed by atoms with Crippen molar-refractivity contribution < 1.29 is 29.0 Å². The molecule has 5 rings (SSSR count). The van der Waals surface area contributed by atoms with E-state index < -0.39 is 12.1 Å². The fourth-order valence-electron chi connectivity index (χ4n) is 4.47. The van der Waals surface area contributed by atoms with Gasteiger partial charge in [0, 0.05) is 57.6 Å². The van der Waals surface area contributed by atoms with Crippen LogP contribution in [0.3, 0.4) is 0 Å². The third-order valence-electron chi connectivity index (χ3n) is 6.77. The van der Waals surface area contributed by atoms with E-state index in [-0.39, 0.29) is 17.2 Å². The second-order valence-electron chi connectivity index (χ2n) is 9.47. The van der Waals surface area contributed by atoms with Gasteiger partial charge in [-0.25, -0.2) is 19.6 Å². The molecule has 12 heteroatoms. The molecule has 2 amide bonds. The highest BCUT2D eigenvalue weighted by Gasteiger charge is 2.24. The quantitative estimate of drug-likeness (QED) is 0.455. The Morgan fingerprint density at radius 3 is 2.20 bits per heavy atom. The predicted molar refractivity (Wildman–Crippen MR) is 146 cm³/mol. The summed E-state index contributed by atoms with van der Waals surface area (Å²) in [5, 5.41) is 11.8. The summed E-state index contributed by atoms with van der Waals surface area (Å²) in [6.45, 7) is 6.03. The number of amides is 2. The Labute approximate surface area is 231 Å². The highest BCUT2D eigenvalue weighted by atomic mass is 16.6. The number of nitrogens with zero attached hydrogens (tertiary/aromatic N) is 5. The summed E-state index contributed by atoms with van der Waals surface area (Å²) in [7, 11) is 0. The SMILES string of the molecule is O=C(O)c1ccc(N2CCN(C(=O)Oc3ccc(NC(=O)c4ccc(CN5CCOCC5)cc4)nc3)CC2)nc1. The molecule has 40 heavy (non-hydrogen) atoms. The number of aromatic nitrogens is 2. The van der Waals surface area contributed by atoms with Crippen LogP contribution in [0.4, 0.5) is 16.4 Å². The normalized spacial score (nSPS) is 15.9. The van der Waals surface area contributed by atoms with Gasteiger partial charge in [0.15, 0.2) is 5.75 Å². The van der Waals surface area contributed by atoms with Crippen LogP contribution < -0.4 is 15.0 Å². The number of carboxylic acids is 1. The fraction of sp³-hybridized carbons (Fsp3) is 0.321. The Balaban J connectivity index is 1.07. The number of carbonyl (C=O) groups is 3. The maximum atomic E-state index is 12.7. The van der Waals surface area contributed by atoms with E-state index in [2.05, 4.69) is 20.2 Å². The van der Waals surface area contributed by atoms with E-state index in [4.69, 9.17) is 14.6 Å². The second kappa shape index (κ2) is 12.5. The first-order chi connectivity index (χ1) is 19.4. The van der Waals surface area contributed by atoms with Crippen LogP contribution in [-0.4, -0.2) is 95.3 Å². The van der Waals surface area contributed by atoms with Crippen molar-refractivity contribution in [3.8, 4) is 5.75 Å². The molecule has 4 heterocycles. The van der Waals surface area contributed by atoms with Crippen LogP contribution in [0, 0.1) is 0 Å². The minimum absolute atomic E-state index is 0.124. The molecule has 2 N–H and O–H groups in total. The van der Waals surface area contributed by atoms with Crippen LogP contribution in [0.1, 0.15) is 26.3 Å². The molecule has 0 aliphatic carbocycles. The van der Waals surface area contributed by atoms with Gasteiger partial charge in [-0.1, -0.05) is 12.1 Å². The van der Waals surface area contributed by atoms with Crippen molar-refractivity contribution in [1.29, 1.82) is 0 Å². The van der Waals surface area contributed by atoms with Crippen molar-refractivity contribution in [3.63, 3.8) is 0 Å². The van der Waals surface area contributed by atoms with E-state index in [0.29, 0.717) is 43.4 Å². The molecule has 0 spiro atoms. The number of ether oxygens (including phenoxy) is 2. The molecular weight excluding hydrogens is 516 g/mol. The average Bonchev–Trinajstić information content (AvgIpc) is 2.99. The Morgan fingerprint density at radius 1 is 0.850 bits per heavy atom. The molecule has 208 valence electrons. The van der Waals surface area contributed by atoms with Crippen LogP contribution in [0.15, 0.2) is 60.9 Å². The Hall–Kier alpha value is -4.55. The third kappa shape index (κ3) is 6.90. The fourth-order valence-corrected chi connectivity index (χ4v) is 4.47. The highest BCUT2D eigenvalue weighted by molar-refractivity contribution is 6.03. The first kappa shape index (κ1) is 27.0. The summed E-state index contributed by atoms with van der Waals surface area (Å²) < 4.78 is 10.8. The van der Waals surface area contributed by atoms with E-state index >= 15 is 0 Å². The number of nitrogens with one attached hydrogen (secondary N) is 1. The van der Waals surface area contributed by atoms with Crippen LogP contribution in [-0.2, 0) is 11.3 Å². The van der Waals surface area contributed by atoms with Gasteiger partial charge in [-0.15, -0.1) is 0 Å². The Kier molecular flexibility index (Phi) is 8.47. The first-order valence-corrected chi connectivity index (χ1v) is 13.0. The minimum Gasteiger partial charge on any atom is -0.478 e. The van der Waals surface area contributed by atoms with Crippen LogP contribution in [0.2, 0.25) is 0 Å².